The van der Waals surface area contributed by atoms with Crippen molar-refractivity contribution in [3.8, 4) is 0 Å². The topological polar surface area (TPSA) is 66.9 Å². The van der Waals surface area contributed by atoms with Crippen molar-refractivity contribution in [2.45, 2.75) is 26.4 Å². The van der Waals surface area contributed by atoms with Crippen molar-refractivity contribution in [1.82, 2.24) is 9.80 Å². The maximum absolute atomic E-state index is 12.6. The van der Waals surface area contributed by atoms with Crippen LogP contribution in [0.5, 0.6) is 0 Å². The molecule has 0 radical (unpaired) electrons. The highest BCUT2D eigenvalue weighted by atomic mass is 35.5. The Bertz CT molecular complexity index is 716. The standard InChI is InChI=1S/C19H23ClN2O4/c1-13(17(24)14-6-5-7-15(20)9-8-14)22-11-10-21(12-16(22)23)18(25)26-19(2,3)4/h5-9,14H,1,10-12H2,2-4H3. The molecule has 0 aromatic heterocycles. The van der Waals surface area contributed by atoms with Gasteiger partial charge in [0.15, 0.2) is 5.78 Å². The van der Waals surface area contributed by atoms with Crippen LogP contribution in [0.2, 0.25) is 0 Å². The first-order chi connectivity index (χ1) is 12.1. The Labute approximate surface area is 158 Å². The molecule has 0 saturated carbocycles. The molecule has 6 nitrogen and oxygen atoms in total. The second-order valence-corrected chi connectivity index (χ2v) is 7.52. The molecule has 0 bridgehead atoms. The van der Waals surface area contributed by atoms with E-state index in [0.29, 0.717) is 5.03 Å². The first kappa shape index (κ1) is 20.0. The van der Waals surface area contributed by atoms with E-state index in [9.17, 15) is 14.4 Å². The third-order valence-electron chi connectivity index (χ3n) is 3.82. The number of rotatable bonds is 3. The summed E-state index contributed by atoms with van der Waals surface area (Å²) in [5.74, 6) is -1.18. The molecular weight excluding hydrogens is 356 g/mol. The number of halogens is 1. The summed E-state index contributed by atoms with van der Waals surface area (Å²) in [6, 6.07) is 0. The summed E-state index contributed by atoms with van der Waals surface area (Å²) >= 11 is 5.91. The van der Waals surface area contributed by atoms with Gasteiger partial charge in [0.1, 0.15) is 12.1 Å². The maximum atomic E-state index is 12.6. The molecule has 1 fully saturated rings. The number of ketones is 1. The maximum Gasteiger partial charge on any atom is 0.410 e. The number of Topliss-reactive ketones (excluding diaryl/α,β-unsaturated/α-hetero) is 1. The molecule has 140 valence electrons. The van der Waals surface area contributed by atoms with Crippen LogP contribution in [-0.2, 0) is 14.3 Å². The molecule has 1 atom stereocenters. The zero-order chi connectivity index (χ0) is 19.5. The van der Waals surface area contributed by atoms with Crippen LogP contribution < -0.4 is 0 Å². The van der Waals surface area contributed by atoms with Gasteiger partial charge in [-0.15, -0.1) is 0 Å². The number of carbonyl (C=O) groups excluding carboxylic acids is 3. The van der Waals surface area contributed by atoms with E-state index >= 15 is 0 Å². The number of carbonyl (C=O) groups is 3. The lowest BCUT2D eigenvalue weighted by atomic mass is 10.0. The van der Waals surface area contributed by atoms with Crippen LogP contribution in [0.25, 0.3) is 0 Å². The van der Waals surface area contributed by atoms with Crippen LogP contribution in [0.4, 0.5) is 4.79 Å². The summed E-state index contributed by atoms with van der Waals surface area (Å²) in [6.07, 6.45) is 7.83. The van der Waals surface area contributed by atoms with E-state index in [1.807, 2.05) is 0 Å². The zero-order valence-corrected chi connectivity index (χ0v) is 16.0. The molecule has 0 aromatic rings. The highest BCUT2D eigenvalue weighted by Gasteiger charge is 2.33. The van der Waals surface area contributed by atoms with E-state index in [2.05, 4.69) is 6.58 Å². The van der Waals surface area contributed by atoms with Gasteiger partial charge < -0.3 is 9.64 Å². The Morgan fingerprint density at radius 3 is 2.58 bits per heavy atom. The molecule has 1 saturated heterocycles. The lowest BCUT2D eigenvalue weighted by molar-refractivity contribution is -0.136. The molecule has 1 heterocycles. The average Bonchev–Trinajstić information content (AvgIpc) is 2.76. The number of piperazine rings is 1. The molecule has 1 aliphatic heterocycles. The van der Waals surface area contributed by atoms with E-state index in [4.69, 9.17) is 16.3 Å². The minimum Gasteiger partial charge on any atom is -0.444 e. The number of hydrogen-bond donors (Lipinski definition) is 0. The van der Waals surface area contributed by atoms with Crippen molar-refractivity contribution in [3.05, 3.63) is 47.7 Å². The molecule has 7 heteroatoms. The summed E-state index contributed by atoms with van der Waals surface area (Å²) in [6.45, 7) is 9.40. The lowest BCUT2D eigenvalue weighted by Crippen LogP contribution is -2.53. The van der Waals surface area contributed by atoms with E-state index in [-0.39, 0.29) is 37.0 Å². The molecule has 2 aliphatic rings. The van der Waals surface area contributed by atoms with Gasteiger partial charge >= 0.3 is 6.09 Å². The quantitative estimate of drug-likeness (QED) is 0.708. The fourth-order valence-electron chi connectivity index (χ4n) is 2.52. The SMILES string of the molecule is C=C(C(=O)C1C=CC=C(Cl)C=C1)N1CCN(C(=O)OC(C)(C)C)CC1=O. The smallest absolute Gasteiger partial charge is 0.410 e. The molecular formula is C19H23ClN2O4. The Morgan fingerprint density at radius 1 is 1.27 bits per heavy atom. The second-order valence-electron chi connectivity index (χ2n) is 7.08. The van der Waals surface area contributed by atoms with Gasteiger partial charge in [0.25, 0.3) is 0 Å². The van der Waals surface area contributed by atoms with E-state index < -0.39 is 17.6 Å². The third kappa shape index (κ3) is 5.08. The molecule has 0 spiro atoms. The summed E-state index contributed by atoms with van der Waals surface area (Å²) in [4.78, 5) is 39.8. The molecule has 2 amide bonds. The summed E-state index contributed by atoms with van der Waals surface area (Å²) < 4.78 is 5.28. The molecule has 0 aromatic carbocycles. The van der Waals surface area contributed by atoms with Crippen LogP contribution in [0, 0.1) is 5.92 Å². The Kier molecular flexibility index (Phi) is 6.08. The molecule has 26 heavy (non-hydrogen) atoms. The van der Waals surface area contributed by atoms with Gasteiger partial charge in [-0.3, -0.25) is 14.5 Å². The van der Waals surface area contributed by atoms with Crippen LogP contribution in [-0.4, -0.2) is 52.8 Å². The minimum absolute atomic E-state index is 0.108. The van der Waals surface area contributed by atoms with E-state index in [0.717, 1.165) is 0 Å². The van der Waals surface area contributed by atoms with Crippen LogP contribution in [0.15, 0.2) is 47.7 Å². The number of amides is 2. The van der Waals surface area contributed by atoms with Crippen molar-refractivity contribution in [3.63, 3.8) is 0 Å². The van der Waals surface area contributed by atoms with Gasteiger partial charge in [-0.25, -0.2) is 4.79 Å². The normalized spacial score (nSPS) is 20.5. The predicted octanol–water partition coefficient (Wildman–Crippen LogP) is 3.01. The van der Waals surface area contributed by atoms with Gasteiger partial charge in [0.2, 0.25) is 5.91 Å². The summed E-state index contributed by atoms with van der Waals surface area (Å²) in [5.41, 5.74) is -0.527. The predicted molar refractivity (Wildman–Crippen MR) is 99.4 cm³/mol. The van der Waals surface area contributed by atoms with Crippen molar-refractivity contribution < 1.29 is 19.1 Å². The fraction of sp³-hybridized carbons (Fsp3) is 0.421. The lowest BCUT2D eigenvalue weighted by Gasteiger charge is -2.35. The monoisotopic (exact) mass is 378 g/mol. The highest BCUT2D eigenvalue weighted by molar-refractivity contribution is 6.31. The number of hydrogen-bond acceptors (Lipinski definition) is 4. The fourth-order valence-corrected chi connectivity index (χ4v) is 2.67. The molecule has 1 unspecified atom stereocenters. The molecule has 1 aliphatic carbocycles. The Balaban J connectivity index is 2.00. The zero-order valence-electron chi connectivity index (χ0n) is 15.2. The first-order valence-electron chi connectivity index (χ1n) is 8.32. The number of allylic oxidation sites excluding steroid dienone is 7. The largest absolute Gasteiger partial charge is 0.444 e. The van der Waals surface area contributed by atoms with Crippen molar-refractivity contribution >= 4 is 29.4 Å². The molecule has 0 N–H and O–H groups in total. The van der Waals surface area contributed by atoms with Gasteiger partial charge in [-0.2, -0.15) is 0 Å². The van der Waals surface area contributed by atoms with Gasteiger partial charge in [-0.1, -0.05) is 36.4 Å². The third-order valence-corrected chi connectivity index (χ3v) is 4.07. The summed E-state index contributed by atoms with van der Waals surface area (Å²) in [5, 5.41) is 0.518. The second kappa shape index (κ2) is 7.91. The van der Waals surface area contributed by atoms with Gasteiger partial charge in [-0.05, 0) is 32.9 Å². The molecule has 2 rings (SSSR count). The van der Waals surface area contributed by atoms with Crippen molar-refractivity contribution in [1.29, 1.82) is 0 Å². The van der Waals surface area contributed by atoms with Crippen molar-refractivity contribution in [2.24, 2.45) is 5.92 Å². The van der Waals surface area contributed by atoms with E-state index in [1.165, 1.54) is 9.80 Å². The average molecular weight is 379 g/mol. The van der Waals surface area contributed by atoms with Crippen LogP contribution in [0.3, 0.4) is 0 Å². The van der Waals surface area contributed by atoms with Crippen LogP contribution >= 0.6 is 11.6 Å². The minimum atomic E-state index is -0.635. The first-order valence-corrected chi connectivity index (χ1v) is 8.70. The van der Waals surface area contributed by atoms with Crippen LogP contribution in [0.1, 0.15) is 20.8 Å². The van der Waals surface area contributed by atoms with E-state index in [1.54, 1.807) is 51.2 Å². The summed E-state index contributed by atoms with van der Waals surface area (Å²) in [7, 11) is 0. The highest BCUT2D eigenvalue weighted by Crippen LogP contribution is 2.20. The Hall–Kier alpha value is -2.34. The van der Waals surface area contributed by atoms with Gasteiger partial charge in [0.05, 0.1) is 11.6 Å². The number of nitrogens with zero attached hydrogens (tertiary/aromatic N) is 2. The van der Waals surface area contributed by atoms with Gasteiger partial charge in [0, 0.05) is 18.1 Å². The number of ether oxygens (including phenoxy) is 1. The Morgan fingerprint density at radius 2 is 1.96 bits per heavy atom. The van der Waals surface area contributed by atoms with Crippen molar-refractivity contribution in [2.75, 3.05) is 19.6 Å².